The fraction of sp³-hybridized carbons (Fsp3) is 0.875. The molecule has 0 aromatic rings. The van der Waals surface area contributed by atoms with Crippen LogP contribution in [-0.2, 0) is 9.84 Å². The van der Waals surface area contributed by atoms with Gasteiger partial charge in [-0.25, -0.2) is 0 Å². The maximum absolute atomic E-state index is 13.4. The normalized spacial score (nSPS) is 25.1. The quantitative estimate of drug-likeness (QED) is 0.440. The second-order valence-corrected chi connectivity index (χ2v) is 6.15. The number of halogens is 12. The van der Waals surface area contributed by atoms with Crippen molar-refractivity contribution in [3.8, 4) is 0 Å². The number of hydrogen-bond acceptors (Lipinski definition) is 2. The minimum atomic E-state index is -6.88. The van der Waals surface area contributed by atoms with E-state index in [0.29, 0.717) is 0 Å². The van der Waals surface area contributed by atoms with E-state index >= 15 is 0 Å². The molecular weight excluding hydrogens is 607 g/mol. The van der Waals surface area contributed by atoms with Gasteiger partial charge in [0, 0.05) is 0 Å². The van der Waals surface area contributed by atoms with E-state index in [1.807, 2.05) is 0 Å². The van der Waals surface area contributed by atoms with Crippen molar-refractivity contribution in [1.82, 2.24) is 0 Å². The summed E-state index contributed by atoms with van der Waals surface area (Å²) in [6, 6.07) is -5.34. The van der Waals surface area contributed by atoms with Gasteiger partial charge < -0.3 is 0 Å². The second kappa shape index (κ2) is 4.97. The summed E-state index contributed by atoms with van der Waals surface area (Å²) >= 11 is 0. The van der Waals surface area contributed by atoms with Crippen molar-refractivity contribution in [1.29, 1.82) is 0 Å². The van der Waals surface area contributed by atoms with Gasteiger partial charge in [-0.1, -0.05) is 0 Å². The minimum absolute atomic E-state index is 2.06. The Hall–Kier alpha value is -2.05. The van der Waals surface area contributed by atoms with Gasteiger partial charge in [0.1, 0.15) is 0 Å². The van der Waals surface area contributed by atoms with Gasteiger partial charge in [-0.05, 0) is 0 Å². The van der Waals surface area contributed by atoms with E-state index in [1.54, 1.807) is 0 Å². The SMILES string of the molecule is F[C]1=[Cf][O]C(F)(C(F)(F)C(F)(F)C(F)(F)CC(F)C(F)(F)F)O1. The van der Waals surface area contributed by atoms with E-state index < -0.39 is 49.4 Å². The number of ether oxygens (including phenoxy) is 1. The van der Waals surface area contributed by atoms with E-state index in [-0.39, 0.29) is 0 Å². The molecule has 1 heterocycles. The van der Waals surface area contributed by atoms with Crippen molar-refractivity contribution in [2.24, 2.45) is 0 Å². The molecule has 23 heavy (non-hydrogen) atoms. The molecule has 0 aromatic carbocycles. The molecule has 0 fully saturated rings. The summed E-state index contributed by atoms with van der Waals surface area (Å²) < 4.78 is 153. The van der Waals surface area contributed by atoms with E-state index in [2.05, 4.69) is 9.84 Å². The first-order chi connectivity index (χ1) is 9.98. The van der Waals surface area contributed by atoms with Crippen molar-refractivity contribution in [2.45, 2.75) is 42.6 Å². The number of alkyl halides is 11. The average molecular weight is 610 g/mol. The molecular formula is C8H3CfF12O2. The van der Waals surface area contributed by atoms with Crippen molar-refractivity contribution < 1.29 is 62.5 Å². The Morgan fingerprint density at radius 3 is 1.83 bits per heavy atom. The van der Waals surface area contributed by atoms with Gasteiger partial charge in [-0.15, -0.1) is 0 Å². The molecule has 2 atom stereocenters. The van der Waals surface area contributed by atoms with Gasteiger partial charge in [0.25, 0.3) is 0 Å². The van der Waals surface area contributed by atoms with Crippen LogP contribution in [0.4, 0.5) is 52.7 Å². The Labute approximate surface area is 113 Å². The summed E-state index contributed by atoms with van der Waals surface area (Å²) in [6.45, 7) is -2.06. The summed E-state index contributed by atoms with van der Waals surface area (Å²) in [4.78, 5) is 0. The summed E-state index contributed by atoms with van der Waals surface area (Å²) in [5.41, 5.74) is 0. The van der Waals surface area contributed by atoms with Crippen LogP contribution in [0.15, 0.2) is 0 Å². The zero-order valence-electron chi connectivity index (χ0n) is 9.95. The van der Waals surface area contributed by atoms with Crippen LogP contribution in [0.3, 0.4) is 0 Å². The summed E-state index contributed by atoms with van der Waals surface area (Å²) in [5.74, 6) is -19.9. The van der Waals surface area contributed by atoms with Crippen molar-refractivity contribution in [3.63, 3.8) is 0 Å². The Morgan fingerprint density at radius 2 is 1.48 bits per heavy atom. The Balaban J connectivity index is 3.12. The van der Waals surface area contributed by atoms with Gasteiger partial charge in [-0.2, -0.15) is 0 Å². The zero-order chi connectivity index (χ0) is 18.5. The van der Waals surface area contributed by atoms with Crippen LogP contribution >= 0.6 is 0 Å². The van der Waals surface area contributed by atoms with Crippen LogP contribution < -0.4 is 0 Å². The van der Waals surface area contributed by atoms with Gasteiger partial charge in [0.2, 0.25) is 0 Å². The second-order valence-electron chi connectivity index (χ2n) is 4.04. The topological polar surface area (TPSA) is 18.5 Å². The third-order valence-electron chi connectivity index (χ3n) is 2.39. The molecule has 1 rings (SSSR count). The summed E-state index contributed by atoms with van der Waals surface area (Å²) in [5, 5.41) is 3.34. The van der Waals surface area contributed by atoms with Gasteiger partial charge >= 0.3 is 112 Å². The maximum atomic E-state index is 13.4. The predicted octanol–water partition coefficient (Wildman–Crippen LogP) is 3.91. The molecule has 1 aliphatic rings. The molecule has 0 bridgehead atoms. The van der Waals surface area contributed by atoms with E-state index in [1.165, 1.54) is 0 Å². The van der Waals surface area contributed by atoms with E-state index in [4.69, 9.17) is 0 Å². The molecule has 0 aliphatic carbocycles. The standard InChI is InChI=1S/C8H3F12O2.Cf/c9-2-22-8(20,21)7(18,19)6(16,17)4(11,12)1-3(10)5(13,14)15;/h3H,1H2;/q-1;+1. The monoisotopic (exact) mass is 608 g/mol. The molecule has 0 saturated carbocycles. The molecule has 2 unspecified atom stereocenters. The van der Waals surface area contributed by atoms with Crippen LogP contribution in [0.5, 0.6) is 0 Å². The van der Waals surface area contributed by atoms with E-state index in [9.17, 15) is 52.7 Å². The van der Waals surface area contributed by atoms with Crippen molar-refractivity contribution in [2.75, 3.05) is 0 Å². The zero-order valence-corrected chi connectivity index (χ0v) is 12.6. The molecule has 0 radical (unpaired) electrons. The molecule has 0 amide bonds. The summed E-state index contributed by atoms with van der Waals surface area (Å²) in [6.07, 6.45) is -14.1. The molecule has 1 aliphatic heterocycles. The van der Waals surface area contributed by atoms with Crippen LogP contribution in [0.1, 0.15) is 6.42 Å². The van der Waals surface area contributed by atoms with Crippen LogP contribution in [-0.4, -0.2) is 43.0 Å². The van der Waals surface area contributed by atoms with Crippen LogP contribution in [0, 0.1) is 0 Å². The first-order valence-corrected chi connectivity index (χ1v) is 7.39. The molecule has 0 spiro atoms. The average Bonchev–Trinajstić information content (AvgIpc) is 2.68. The fourth-order valence-corrected chi connectivity index (χ4v) is 2.63. The first-order valence-electron chi connectivity index (χ1n) is 5.00. The molecule has 0 saturated heterocycles. The third-order valence-corrected chi connectivity index (χ3v) is 4.04. The van der Waals surface area contributed by atoms with Crippen molar-refractivity contribution >= 4 is 6.86 Å². The number of rotatable bonds is 5. The fourth-order valence-electron chi connectivity index (χ4n) is 1.18. The van der Waals surface area contributed by atoms with Gasteiger partial charge in [0.05, 0.1) is 0 Å². The Bertz CT molecular complexity index is 488. The molecule has 0 N–H and O–H groups in total. The third kappa shape index (κ3) is 2.92. The predicted molar refractivity (Wildman–Crippen MR) is 42.5 cm³/mol. The van der Waals surface area contributed by atoms with Crippen molar-refractivity contribution in [3.05, 3.63) is 0 Å². The first kappa shape index (κ1) is 19.0. The molecule has 2 nitrogen and oxygen atoms in total. The van der Waals surface area contributed by atoms with Crippen LogP contribution in [0.2, 0.25) is 0 Å². The molecule has 0 aromatic heterocycles. The van der Waals surface area contributed by atoms with Crippen LogP contribution in [0.25, 0.3) is 0 Å². The summed E-state index contributed by atoms with van der Waals surface area (Å²) in [7, 11) is 0. The Morgan fingerprint density at radius 1 is 1.00 bits per heavy atom. The molecule has 141 valence electrons. The van der Waals surface area contributed by atoms with E-state index in [0.717, 1.165) is 0 Å². The molecule has 15 heteroatoms. The number of hydrogen-bond donors (Lipinski definition) is 0. The van der Waals surface area contributed by atoms with Gasteiger partial charge in [0.15, 0.2) is 0 Å². The van der Waals surface area contributed by atoms with Gasteiger partial charge in [-0.3, -0.25) is 0 Å². The Kier molecular flexibility index (Phi) is 4.11.